The summed E-state index contributed by atoms with van der Waals surface area (Å²) in [6.07, 6.45) is 17.2. The zero-order valence-electron chi connectivity index (χ0n) is 26.2. The number of allylic oxidation sites excluding steroid dienone is 3. The van der Waals surface area contributed by atoms with Crippen molar-refractivity contribution in [3.05, 3.63) is 176 Å². The van der Waals surface area contributed by atoms with Crippen molar-refractivity contribution in [3.63, 3.8) is 0 Å². The second-order valence-corrected chi connectivity index (χ2v) is 11.1. The van der Waals surface area contributed by atoms with E-state index in [0.717, 1.165) is 73.0 Å². The van der Waals surface area contributed by atoms with E-state index in [1.165, 1.54) is 6.20 Å². The normalized spacial score (nSPS) is 11.3. The standard InChI is InChI=1S/C42H32N6/c43-20-8-1-2-14-32-33(37-15-3-9-21-44-37)26-30(27-34(32)38-16-4-10-22-45-38)31-28-35(39-17-5-11-23-46-39)42(41-19-7-13-25-48-41)36(29-31)40-18-6-12-24-47-40/h1-13,15-29H,14,43H2/b2-1-,20-8-. The molecule has 0 aliphatic heterocycles. The molecule has 0 saturated heterocycles. The fraction of sp³-hybridized carbons (Fsp3) is 0.0238. The maximum atomic E-state index is 5.63. The smallest absolute Gasteiger partial charge is 0.0715 e. The van der Waals surface area contributed by atoms with Gasteiger partial charge in [-0.05, 0) is 120 Å². The van der Waals surface area contributed by atoms with Gasteiger partial charge in [0.2, 0.25) is 0 Å². The van der Waals surface area contributed by atoms with E-state index >= 15 is 0 Å². The molecule has 0 fully saturated rings. The lowest BCUT2D eigenvalue weighted by molar-refractivity contribution is 1.22. The third-order valence-corrected chi connectivity index (χ3v) is 8.09. The van der Waals surface area contributed by atoms with Crippen molar-refractivity contribution >= 4 is 0 Å². The molecule has 48 heavy (non-hydrogen) atoms. The van der Waals surface area contributed by atoms with Crippen LogP contribution in [0, 0.1) is 0 Å². The molecule has 2 N–H and O–H groups in total. The van der Waals surface area contributed by atoms with Crippen molar-refractivity contribution in [3.8, 4) is 67.4 Å². The Labute approximate surface area is 280 Å². The van der Waals surface area contributed by atoms with Gasteiger partial charge in [-0.3, -0.25) is 24.9 Å². The highest BCUT2D eigenvalue weighted by Gasteiger charge is 2.21. The van der Waals surface area contributed by atoms with Gasteiger partial charge in [0.1, 0.15) is 0 Å². The zero-order valence-corrected chi connectivity index (χ0v) is 26.2. The molecule has 0 atom stereocenters. The monoisotopic (exact) mass is 620 g/mol. The lowest BCUT2D eigenvalue weighted by Gasteiger charge is -2.20. The molecule has 7 aromatic rings. The van der Waals surface area contributed by atoms with E-state index in [1.54, 1.807) is 0 Å². The predicted octanol–water partition coefficient (Wildman–Crippen LogP) is 9.23. The van der Waals surface area contributed by atoms with Crippen LogP contribution in [0.15, 0.2) is 171 Å². The van der Waals surface area contributed by atoms with E-state index in [2.05, 4.69) is 42.5 Å². The minimum absolute atomic E-state index is 0.666. The van der Waals surface area contributed by atoms with Gasteiger partial charge in [-0.1, -0.05) is 42.5 Å². The van der Waals surface area contributed by atoms with Crippen molar-refractivity contribution in [2.24, 2.45) is 5.73 Å². The molecular weight excluding hydrogens is 589 g/mol. The molecule has 0 radical (unpaired) electrons. The quantitative estimate of drug-likeness (QED) is 0.162. The lowest BCUT2D eigenvalue weighted by Crippen LogP contribution is -1.99. The van der Waals surface area contributed by atoms with Crippen LogP contribution >= 0.6 is 0 Å². The van der Waals surface area contributed by atoms with Gasteiger partial charge >= 0.3 is 0 Å². The minimum Gasteiger partial charge on any atom is -0.405 e. The Bertz CT molecular complexity index is 2060. The first-order chi connectivity index (χ1) is 23.8. The first-order valence-electron chi connectivity index (χ1n) is 15.8. The highest BCUT2D eigenvalue weighted by molar-refractivity contribution is 5.96. The van der Waals surface area contributed by atoms with Crippen LogP contribution in [0.5, 0.6) is 0 Å². The molecule has 7 rings (SSSR count). The van der Waals surface area contributed by atoms with Gasteiger partial charge in [-0.25, -0.2) is 0 Å². The van der Waals surface area contributed by atoms with Gasteiger partial charge in [0.15, 0.2) is 0 Å². The summed E-state index contributed by atoms with van der Waals surface area (Å²) in [6.45, 7) is 0. The van der Waals surface area contributed by atoms with Gasteiger partial charge in [-0.2, -0.15) is 0 Å². The van der Waals surface area contributed by atoms with Crippen LogP contribution in [0.2, 0.25) is 0 Å². The average molecular weight is 621 g/mol. The van der Waals surface area contributed by atoms with E-state index in [1.807, 2.05) is 122 Å². The zero-order chi connectivity index (χ0) is 32.5. The SMILES string of the molecule is N/C=C\C=C/Cc1c(-c2ccccn2)cc(-c2cc(-c3ccccn3)c(-c3ccccn3)c(-c3ccccn3)c2)cc1-c1ccccn1. The maximum absolute atomic E-state index is 5.63. The summed E-state index contributed by atoms with van der Waals surface area (Å²) in [5.41, 5.74) is 18.1. The third kappa shape index (κ3) is 6.41. The molecule has 0 aliphatic carbocycles. The first-order valence-corrected chi connectivity index (χ1v) is 15.8. The van der Waals surface area contributed by atoms with E-state index in [9.17, 15) is 0 Å². The van der Waals surface area contributed by atoms with Crippen molar-refractivity contribution in [1.29, 1.82) is 0 Å². The van der Waals surface area contributed by atoms with Crippen LogP contribution in [-0.4, -0.2) is 24.9 Å². The summed E-state index contributed by atoms with van der Waals surface area (Å²) in [7, 11) is 0. The highest BCUT2D eigenvalue weighted by atomic mass is 14.7. The van der Waals surface area contributed by atoms with Gasteiger partial charge in [0.25, 0.3) is 0 Å². The molecule has 5 aromatic heterocycles. The Balaban J connectivity index is 1.55. The van der Waals surface area contributed by atoms with Crippen LogP contribution in [0.4, 0.5) is 0 Å². The summed E-state index contributed by atoms with van der Waals surface area (Å²) < 4.78 is 0. The maximum Gasteiger partial charge on any atom is 0.0715 e. The third-order valence-electron chi connectivity index (χ3n) is 8.09. The lowest BCUT2D eigenvalue weighted by atomic mass is 9.85. The van der Waals surface area contributed by atoms with E-state index in [4.69, 9.17) is 30.7 Å². The Morgan fingerprint density at radius 2 is 0.812 bits per heavy atom. The number of hydrogen-bond acceptors (Lipinski definition) is 6. The molecule has 5 heterocycles. The first kappa shape index (κ1) is 30.1. The second kappa shape index (κ2) is 14.3. The molecule has 230 valence electrons. The number of pyridine rings is 5. The molecule has 0 saturated carbocycles. The number of aromatic nitrogens is 5. The summed E-state index contributed by atoms with van der Waals surface area (Å²) in [6, 6.07) is 38.9. The Kier molecular flexibility index (Phi) is 8.96. The highest BCUT2D eigenvalue weighted by Crippen LogP contribution is 2.43. The predicted molar refractivity (Wildman–Crippen MR) is 194 cm³/mol. The number of benzene rings is 2. The molecule has 6 nitrogen and oxygen atoms in total. The Morgan fingerprint density at radius 3 is 1.19 bits per heavy atom. The van der Waals surface area contributed by atoms with Gasteiger partial charge < -0.3 is 5.73 Å². The van der Waals surface area contributed by atoms with Crippen LogP contribution in [-0.2, 0) is 6.42 Å². The van der Waals surface area contributed by atoms with Crippen LogP contribution < -0.4 is 5.73 Å². The van der Waals surface area contributed by atoms with E-state index < -0.39 is 0 Å². The van der Waals surface area contributed by atoms with Crippen molar-refractivity contribution in [2.75, 3.05) is 0 Å². The summed E-state index contributed by atoms with van der Waals surface area (Å²) in [5, 5.41) is 0. The molecule has 0 aliphatic rings. The molecular formula is C42H32N6. The average Bonchev–Trinajstić information content (AvgIpc) is 3.17. The van der Waals surface area contributed by atoms with Gasteiger partial charge in [-0.15, -0.1) is 0 Å². The molecule has 0 unspecified atom stereocenters. The number of nitrogens with two attached hydrogens (primary N) is 1. The molecule has 6 heteroatoms. The second-order valence-electron chi connectivity index (χ2n) is 11.1. The fourth-order valence-electron chi connectivity index (χ4n) is 5.93. The van der Waals surface area contributed by atoms with E-state index in [0.29, 0.717) is 6.42 Å². The van der Waals surface area contributed by atoms with E-state index in [-0.39, 0.29) is 0 Å². The van der Waals surface area contributed by atoms with Crippen molar-refractivity contribution < 1.29 is 0 Å². The van der Waals surface area contributed by atoms with Crippen LogP contribution in [0.3, 0.4) is 0 Å². The Morgan fingerprint density at radius 1 is 0.438 bits per heavy atom. The number of hydrogen-bond donors (Lipinski definition) is 1. The number of rotatable bonds is 9. The van der Waals surface area contributed by atoms with Crippen molar-refractivity contribution in [2.45, 2.75) is 6.42 Å². The van der Waals surface area contributed by atoms with Crippen LogP contribution in [0.25, 0.3) is 67.4 Å². The van der Waals surface area contributed by atoms with Crippen molar-refractivity contribution in [1.82, 2.24) is 24.9 Å². The Hall–Kier alpha value is -6.53. The largest absolute Gasteiger partial charge is 0.405 e. The molecule has 2 aromatic carbocycles. The fourth-order valence-corrected chi connectivity index (χ4v) is 5.93. The summed E-state index contributed by atoms with van der Waals surface area (Å²) in [4.78, 5) is 24.0. The minimum atomic E-state index is 0.666. The summed E-state index contributed by atoms with van der Waals surface area (Å²) in [5.74, 6) is 0. The summed E-state index contributed by atoms with van der Waals surface area (Å²) >= 11 is 0. The molecule has 0 bridgehead atoms. The topological polar surface area (TPSA) is 90.5 Å². The molecule has 0 amide bonds. The van der Waals surface area contributed by atoms with Gasteiger partial charge in [0.05, 0.1) is 28.5 Å². The number of nitrogens with zero attached hydrogens (tertiary/aromatic N) is 5. The van der Waals surface area contributed by atoms with Crippen LogP contribution in [0.1, 0.15) is 5.56 Å². The van der Waals surface area contributed by atoms with Gasteiger partial charge in [0, 0.05) is 58.8 Å². The molecule has 0 spiro atoms.